The Hall–Kier alpha value is -2.97. The fraction of sp³-hybridized carbons (Fsp3) is 0.0526. The highest BCUT2D eigenvalue weighted by Gasteiger charge is 2.19. The monoisotopic (exact) mass is 422 g/mol. The number of thiophene rings is 1. The van der Waals surface area contributed by atoms with Gasteiger partial charge in [-0.2, -0.15) is 0 Å². The third-order valence-electron chi connectivity index (χ3n) is 3.56. The summed E-state index contributed by atoms with van der Waals surface area (Å²) >= 11 is 7.68. The van der Waals surface area contributed by atoms with Gasteiger partial charge in [0.2, 0.25) is 0 Å². The van der Waals surface area contributed by atoms with E-state index in [1.54, 1.807) is 17.4 Å². The molecule has 0 saturated heterocycles. The van der Waals surface area contributed by atoms with E-state index in [9.17, 15) is 18.4 Å². The van der Waals surface area contributed by atoms with Gasteiger partial charge in [0.25, 0.3) is 5.91 Å². The third kappa shape index (κ3) is 4.85. The first kappa shape index (κ1) is 19.8. The molecule has 3 rings (SSSR count). The minimum Gasteiger partial charge on any atom is -0.487 e. The van der Waals surface area contributed by atoms with Gasteiger partial charge in [-0.3, -0.25) is 10.1 Å². The number of carbonyl (C=O) groups is 2. The lowest BCUT2D eigenvalue weighted by Crippen LogP contribution is -2.35. The molecule has 0 spiro atoms. The lowest BCUT2D eigenvalue weighted by Gasteiger charge is -2.11. The highest BCUT2D eigenvalue weighted by atomic mass is 35.5. The fourth-order valence-corrected chi connectivity index (χ4v) is 3.13. The quantitative estimate of drug-likeness (QED) is 0.592. The number of nitrogens with one attached hydrogen (secondary N) is 2. The van der Waals surface area contributed by atoms with Gasteiger partial charge in [-0.15, -0.1) is 11.3 Å². The summed E-state index contributed by atoms with van der Waals surface area (Å²) in [5.41, 5.74) is -0.569. The molecule has 0 aliphatic heterocycles. The number of amides is 3. The van der Waals surface area contributed by atoms with E-state index in [0.29, 0.717) is 12.4 Å². The van der Waals surface area contributed by atoms with E-state index in [4.69, 9.17) is 16.3 Å². The fourth-order valence-electron chi connectivity index (χ4n) is 2.28. The van der Waals surface area contributed by atoms with Crippen molar-refractivity contribution in [3.8, 4) is 5.75 Å². The zero-order valence-electron chi connectivity index (χ0n) is 14.2. The molecule has 0 radical (unpaired) electrons. The van der Waals surface area contributed by atoms with Gasteiger partial charge in [0, 0.05) is 10.6 Å². The lowest BCUT2D eigenvalue weighted by molar-refractivity contribution is 0.0959. The summed E-state index contributed by atoms with van der Waals surface area (Å²) in [6.07, 6.45) is 0. The predicted molar refractivity (Wildman–Crippen MR) is 103 cm³/mol. The Bertz CT molecular complexity index is 992. The minimum absolute atomic E-state index is 0.251. The summed E-state index contributed by atoms with van der Waals surface area (Å²) < 4.78 is 32.8. The van der Waals surface area contributed by atoms with E-state index in [1.165, 1.54) is 12.1 Å². The van der Waals surface area contributed by atoms with Crippen LogP contribution in [0.1, 0.15) is 15.2 Å². The van der Waals surface area contributed by atoms with Crippen LogP contribution in [0.5, 0.6) is 5.75 Å². The molecule has 0 atom stereocenters. The van der Waals surface area contributed by atoms with E-state index in [-0.39, 0.29) is 10.7 Å². The number of imide groups is 1. The van der Waals surface area contributed by atoms with Crippen molar-refractivity contribution in [1.82, 2.24) is 5.32 Å². The molecule has 28 heavy (non-hydrogen) atoms. The first-order chi connectivity index (χ1) is 13.4. The maximum absolute atomic E-state index is 13.6. The van der Waals surface area contributed by atoms with Gasteiger partial charge >= 0.3 is 6.03 Å². The first-order valence-electron chi connectivity index (χ1n) is 7.95. The number of carbonyl (C=O) groups excluding carboxylic acids is 2. The van der Waals surface area contributed by atoms with Crippen molar-refractivity contribution < 1.29 is 23.1 Å². The van der Waals surface area contributed by atoms with E-state index in [2.05, 4.69) is 5.32 Å². The topological polar surface area (TPSA) is 67.4 Å². The maximum atomic E-state index is 13.6. The number of benzene rings is 2. The molecule has 1 aromatic heterocycles. The summed E-state index contributed by atoms with van der Waals surface area (Å²) in [5, 5.41) is 6.41. The second kappa shape index (κ2) is 8.81. The molecule has 0 unspecified atom stereocenters. The number of ether oxygens (including phenoxy) is 1. The van der Waals surface area contributed by atoms with Crippen LogP contribution in [0.2, 0.25) is 5.02 Å². The number of rotatable bonds is 5. The Kier molecular flexibility index (Phi) is 6.23. The first-order valence-corrected chi connectivity index (χ1v) is 9.21. The van der Waals surface area contributed by atoms with Crippen LogP contribution < -0.4 is 15.4 Å². The number of urea groups is 1. The molecule has 1 heterocycles. The Morgan fingerprint density at radius 3 is 2.46 bits per heavy atom. The molecule has 2 N–H and O–H groups in total. The highest BCUT2D eigenvalue weighted by Crippen LogP contribution is 2.28. The molecule has 9 heteroatoms. The average Bonchev–Trinajstić information content (AvgIpc) is 3.14. The van der Waals surface area contributed by atoms with E-state index < -0.39 is 29.1 Å². The van der Waals surface area contributed by atoms with Crippen molar-refractivity contribution in [3.05, 3.63) is 81.0 Å². The van der Waals surface area contributed by atoms with Crippen molar-refractivity contribution in [2.75, 3.05) is 5.32 Å². The zero-order chi connectivity index (χ0) is 20.1. The van der Waals surface area contributed by atoms with Crippen molar-refractivity contribution in [2.24, 2.45) is 0 Å². The van der Waals surface area contributed by atoms with E-state index in [0.717, 1.165) is 23.1 Å². The second-order valence-electron chi connectivity index (χ2n) is 5.52. The van der Waals surface area contributed by atoms with Crippen LogP contribution in [0.15, 0.2) is 53.9 Å². The largest absolute Gasteiger partial charge is 0.487 e. The van der Waals surface area contributed by atoms with Gasteiger partial charge in [-0.25, -0.2) is 13.6 Å². The smallest absolute Gasteiger partial charge is 0.326 e. The minimum atomic E-state index is -1.20. The Labute approximate surface area is 167 Å². The van der Waals surface area contributed by atoms with Crippen molar-refractivity contribution >= 4 is 40.6 Å². The summed E-state index contributed by atoms with van der Waals surface area (Å²) in [6, 6.07) is 10.3. The summed E-state index contributed by atoms with van der Waals surface area (Å²) in [5.74, 6) is -2.91. The van der Waals surface area contributed by atoms with E-state index in [1.807, 2.05) is 22.8 Å². The summed E-state index contributed by atoms with van der Waals surface area (Å²) in [4.78, 5) is 24.9. The summed E-state index contributed by atoms with van der Waals surface area (Å²) in [6.45, 7) is 0.355. The number of anilines is 1. The molecule has 0 bridgehead atoms. The van der Waals surface area contributed by atoms with Gasteiger partial charge in [-0.1, -0.05) is 23.7 Å². The average molecular weight is 423 g/mol. The zero-order valence-corrected chi connectivity index (χ0v) is 15.7. The van der Waals surface area contributed by atoms with Gasteiger partial charge in [-0.05, 0) is 41.8 Å². The van der Waals surface area contributed by atoms with Crippen molar-refractivity contribution in [3.63, 3.8) is 0 Å². The number of hydrogen-bond donors (Lipinski definition) is 2. The maximum Gasteiger partial charge on any atom is 0.326 e. The van der Waals surface area contributed by atoms with Crippen LogP contribution in [-0.4, -0.2) is 11.9 Å². The summed E-state index contributed by atoms with van der Waals surface area (Å²) in [7, 11) is 0. The molecular formula is C19H13ClF2N2O3S. The van der Waals surface area contributed by atoms with Crippen molar-refractivity contribution in [2.45, 2.75) is 6.61 Å². The predicted octanol–water partition coefficient (Wildman–Crippen LogP) is 5.22. The molecule has 0 saturated carbocycles. The Morgan fingerprint density at radius 1 is 1.07 bits per heavy atom. The molecular weight excluding hydrogens is 410 g/mol. The van der Waals surface area contributed by atoms with Gasteiger partial charge in [0.1, 0.15) is 29.6 Å². The highest BCUT2D eigenvalue weighted by molar-refractivity contribution is 7.09. The molecule has 3 aromatic rings. The molecule has 0 aliphatic rings. The van der Waals surface area contributed by atoms with Crippen LogP contribution in [0.4, 0.5) is 19.3 Å². The van der Waals surface area contributed by atoms with Gasteiger partial charge in [0.15, 0.2) is 0 Å². The number of halogens is 3. The van der Waals surface area contributed by atoms with Crippen LogP contribution in [0.25, 0.3) is 0 Å². The normalized spacial score (nSPS) is 10.4. The lowest BCUT2D eigenvalue weighted by atomic mass is 10.2. The third-order valence-corrected chi connectivity index (χ3v) is 4.70. The van der Waals surface area contributed by atoms with Crippen LogP contribution >= 0.6 is 22.9 Å². The Morgan fingerprint density at radius 2 is 1.82 bits per heavy atom. The molecule has 0 aliphatic carbocycles. The SMILES string of the molecule is O=C(NC(=O)c1c(F)cccc1F)Nc1ccc(OCc2cccs2)c(Cl)c1. The Balaban J connectivity index is 1.61. The standard InChI is InChI=1S/C19H13ClF2N2O3S/c20-13-9-11(6-7-16(13)27-10-12-3-2-8-28-12)23-19(26)24-18(25)17-14(21)4-1-5-15(17)22/h1-9H,10H2,(H2,23,24,25,26). The number of hydrogen-bond acceptors (Lipinski definition) is 4. The molecule has 0 fully saturated rings. The van der Waals surface area contributed by atoms with Crippen LogP contribution in [0, 0.1) is 11.6 Å². The van der Waals surface area contributed by atoms with Gasteiger partial charge < -0.3 is 10.1 Å². The van der Waals surface area contributed by atoms with Gasteiger partial charge in [0.05, 0.1) is 5.02 Å². The van der Waals surface area contributed by atoms with E-state index >= 15 is 0 Å². The molecule has 3 amide bonds. The molecule has 144 valence electrons. The van der Waals surface area contributed by atoms with Crippen LogP contribution in [-0.2, 0) is 6.61 Å². The second-order valence-corrected chi connectivity index (χ2v) is 6.96. The molecule has 5 nitrogen and oxygen atoms in total. The van der Waals surface area contributed by atoms with Crippen LogP contribution in [0.3, 0.4) is 0 Å². The molecule has 2 aromatic carbocycles. The van der Waals surface area contributed by atoms with Crippen molar-refractivity contribution in [1.29, 1.82) is 0 Å².